The molecule has 0 spiro atoms. The van der Waals surface area contributed by atoms with E-state index in [1.165, 1.54) is 6.07 Å². The molecule has 0 unspecified atom stereocenters. The first-order chi connectivity index (χ1) is 12.4. The Bertz CT molecular complexity index is 742. The molecule has 0 saturated carbocycles. The van der Waals surface area contributed by atoms with Gasteiger partial charge in [-0.05, 0) is 43.2 Å². The monoisotopic (exact) mass is 363 g/mol. The fourth-order valence-corrected chi connectivity index (χ4v) is 2.34. The number of ether oxygens (including phenoxy) is 2. The maximum atomic E-state index is 13.7. The highest BCUT2D eigenvalue weighted by Gasteiger charge is 2.15. The third-order valence-corrected chi connectivity index (χ3v) is 3.53. The average Bonchev–Trinajstić information content (AvgIpc) is 2.59. The van der Waals surface area contributed by atoms with E-state index >= 15 is 0 Å². The van der Waals surface area contributed by atoms with E-state index in [1.54, 1.807) is 18.2 Å². The smallest absolute Gasteiger partial charge is 0.255 e. The van der Waals surface area contributed by atoms with Crippen molar-refractivity contribution in [1.29, 1.82) is 0 Å². The van der Waals surface area contributed by atoms with Gasteiger partial charge in [-0.2, -0.15) is 0 Å². The molecule has 1 N–H and O–H groups in total. The number of anilines is 1. The zero-order valence-electron chi connectivity index (χ0n) is 15.1. The number of rotatable bonds is 8. The molecule has 0 fully saturated rings. The maximum absolute atomic E-state index is 13.7. The number of para-hydroxylation sites is 1. The van der Waals surface area contributed by atoms with Crippen LogP contribution in [-0.2, 0) is 11.3 Å². The molecular weight excluding hydrogens is 340 g/mol. The van der Waals surface area contributed by atoms with Gasteiger partial charge in [-0.3, -0.25) is 4.79 Å². The van der Waals surface area contributed by atoms with E-state index < -0.39 is 23.2 Å². The summed E-state index contributed by atoms with van der Waals surface area (Å²) in [5.41, 5.74) is 0.498. The van der Waals surface area contributed by atoms with Crippen LogP contribution in [0, 0.1) is 17.6 Å². The van der Waals surface area contributed by atoms with Crippen molar-refractivity contribution >= 4 is 11.6 Å². The molecule has 0 aliphatic carbocycles. The topological polar surface area (TPSA) is 47.6 Å². The predicted octanol–water partition coefficient (Wildman–Crippen LogP) is 4.79. The highest BCUT2D eigenvalue weighted by molar-refractivity contribution is 6.04. The summed E-state index contributed by atoms with van der Waals surface area (Å²) < 4.78 is 38.6. The summed E-state index contributed by atoms with van der Waals surface area (Å²) in [6.45, 7) is 7.27. The Hall–Kier alpha value is -2.47. The minimum absolute atomic E-state index is 0.263. The second-order valence-corrected chi connectivity index (χ2v) is 6.22. The number of hydrogen-bond donors (Lipinski definition) is 1. The molecule has 140 valence electrons. The predicted molar refractivity (Wildman–Crippen MR) is 96.4 cm³/mol. The molecule has 0 radical (unpaired) electrons. The van der Waals surface area contributed by atoms with E-state index in [0.29, 0.717) is 30.4 Å². The van der Waals surface area contributed by atoms with Gasteiger partial charge in [0.2, 0.25) is 0 Å². The lowest BCUT2D eigenvalue weighted by Gasteiger charge is -2.14. The summed E-state index contributed by atoms with van der Waals surface area (Å²) >= 11 is 0. The van der Waals surface area contributed by atoms with Crippen molar-refractivity contribution in [2.75, 3.05) is 18.5 Å². The fourth-order valence-electron chi connectivity index (χ4n) is 2.34. The van der Waals surface area contributed by atoms with Gasteiger partial charge in [-0.25, -0.2) is 8.78 Å². The van der Waals surface area contributed by atoms with Gasteiger partial charge < -0.3 is 14.8 Å². The molecule has 1 amide bonds. The van der Waals surface area contributed by atoms with Crippen molar-refractivity contribution in [2.24, 2.45) is 5.92 Å². The molecule has 0 saturated heterocycles. The number of nitrogens with one attached hydrogen (secondary N) is 1. The van der Waals surface area contributed by atoms with Crippen LogP contribution in [0.25, 0.3) is 0 Å². The fraction of sp³-hybridized carbons (Fsp3) is 0.350. The van der Waals surface area contributed by atoms with Gasteiger partial charge in [0.15, 0.2) is 0 Å². The highest BCUT2D eigenvalue weighted by Crippen LogP contribution is 2.24. The van der Waals surface area contributed by atoms with Gasteiger partial charge in [0.05, 0.1) is 13.2 Å². The van der Waals surface area contributed by atoms with Gasteiger partial charge >= 0.3 is 0 Å². The van der Waals surface area contributed by atoms with Crippen LogP contribution in [0.5, 0.6) is 5.75 Å². The van der Waals surface area contributed by atoms with Gasteiger partial charge in [-0.15, -0.1) is 0 Å². The maximum Gasteiger partial charge on any atom is 0.255 e. The highest BCUT2D eigenvalue weighted by atomic mass is 19.1. The van der Waals surface area contributed by atoms with Crippen molar-refractivity contribution in [3.63, 3.8) is 0 Å². The molecule has 26 heavy (non-hydrogen) atoms. The lowest BCUT2D eigenvalue weighted by Crippen LogP contribution is -2.15. The minimum Gasteiger partial charge on any atom is -0.494 e. The Labute approximate surface area is 152 Å². The molecule has 0 atom stereocenters. The summed E-state index contributed by atoms with van der Waals surface area (Å²) in [6, 6.07) is 8.22. The summed E-state index contributed by atoms with van der Waals surface area (Å²) in [6.07, 6.45) is 0. The van der Waals surface area contributed by atoms with E-state index in [-0.39, 0.29) is 12.2 Å². The minimum atomic E-state index is -0.829. The molecule has 6 heteroatoms. The van der Waals surface area contributed by atoms with Crippen molar-refractivity contribution in [3.05, 3.63) is 59.2 Å². The van der Waals surface area contributed by atoms with Crippen molar-refractivity contribution in [1.82, 2.24) is 0 Å². The van der Waals surface area contributed by atoms with Crippen molar-refractivity contribution in [3.8, 4) is 5.75 Å². The summed E-state index contributed by atoms with van der Waals surface area (Å²) in [7, 11) is 0. The number of halogens is 2. The first-order valence-electron chi connectivity index (χ1n) is 8.51. The molecule has 0 heterocycles. The first kappa shape index (κ1) is 19.8. The second kappa shape index (κ2) is 9.29. The molecule has 0 bridgehead atoms. The molecule has 4 nitrogen and oxygen atoms in total. The van der Waals surface area contributed by atoms with Gasteiger partial charge in [0, 0.05) is 17.7 Å². The van der Waals surface area contributed by atoms with Crippen LogP contribution in [0.1, 0.15) is 36.7 Å². The lowest BCUT2D eigenvalue weighted by molar-refractivity contribution is 0.0948. The molecule has 2 rings (SSSR count). The lowest BCUT2D eigenvalue weighted by atomic mass is 10.1. The van der Waals surface area contributed by atoms with Crippen molar-refractivity contribution < 1.29 is 23.0 Å². The Kier molecular flexibility index (Phi) is 7.09. The first-order valence-corrected chi connectivity index (χ1v) is 8.51. The van der Waals surface area contributed by atoms with Gasteiger partial charge in [0.25, 0.3) is 5.91 Å². The summed E-state index contributed by atoms with van der Waals surface area (Å²) in [4.78, 5) is 12.4. The molecule has 2 aromatic rings. The Morgan fingerprint density at radius 3 is 2.46 bits per heavy atom. The molecule has 2 aromatic carbocycles. The number of carbonyl (C=O) groups is 1. The van der Waals surface area contributed by atoms with Crippen LogP contribution in [-0.4, -0.2) is 19.1 Å². The number of amides is 1. The number of benzene rings is 2. The van der Waals surface area contributed by atoms with Crippen LogP contribution in [0.15, 0.2) is 36.4 Å². The van der Waals surface area contributed by atoms with E-state index in [0.717, 1.165) is 12.1 Å². The Balaban J connectivity index is 2.21. The van der Waals surface area contributed by atoms with Crippen LogP contribution in [0.4, 0.5) is 14.5 Å². The van der Waals surface area contributed by atoms with E-state index in [9.17, 15) is 13.6 Å². The Morgan fingerprint density at radius 2 is 1.85 bits per heavy atom. The van der Waals surface area contributed by atoms with Crippen LogP contribution in [0.2, 0.25) is 0 Å². The summed E-state index contributed by atoms with van der Waals surface area (Å²) in [5, 5.41) is 2.28. The second-order valence-electron chi connectivity index (χ2n) is 6.22. The standard InChI is InChI=1S/C20H23F2NO3/c1-4-26-18-9-8-14(10-15(18)12-25-11-13(2)3)20(24)23-19-16(21)6-5-7-17(19)22/h5-10,13H,4,11-12H2,1-3H3,(H,23,24). The Morgan fingerprint density at radius 1 is 1.15 bits per heavy atom. The molecule has 0 aliphatic heterocycles. The van der Waals surface area contributed by atoms with Gasteiger partial charge in [0.1, 0.15) is 23.1 Å². The average molecular weight is 363 g/mol. The number of carbonyl (C=O) groups excluding carboxylic acids is 1. The normalized spacial score (nSPS) is 10.8. The quantitative estimate of drug-likeness (QED) is 0.734. The SMILES string of the molecule is CCOc1ccc(C(=O)Nc2c(F)cccc2F)cc1COCC(C)C. The third-order valence-electron chi connectivity index (χ3n) is 3.53. The van der Waals surface area contributed by atoms with Crippen LogP contribution < -0.4 is 10.1 Å². The zero-order valence-corrected chi connectivity index (χ0v) is 15.1. The molecule has 0 aliphatic rings. The molecule has 0 aromatic heterocycles. The third kappa shape index (κ3) is 5.26. The van der Waals surface area contributed by atoms with E-state index in [4.69, 9.17) is 9.47 Å². The van der Waals surface area contributed by atoms with Gasteiger partial charge in [-0.1, -0.05) is 19.9 Å². The van der Waals surface area contributed by atoms with E-state index in [1.807, 2.05) is 20.8 Å². The number of hydrogen-bond acceptors (Lipinski definition) is 3. The van der Waals surface area contributed by atoms with Crippen LogP contribution in [0.3, 0.4) is 0 Å². The largest absolute Gasteiger partial charge is 0.494 e. The zero-order chi connectivity index (χ0) is 19.1. The summed E-state index contributed by atoms with van der Waals surface area (Å²) in [5.74, 6) is -1.28. The van der Waals surface area contributed by atoms with Crippen LogP contribution >= 0.6 is 0 Å². The molecular formula is C20H23F2NO3. The van der Waals surface area contributed by atoms with Crippen molar-refractivity contribution in [2.45, 2.75) is 27.4 Å². The van der Waals surface area contributed by atoms with E-state index in [2.05, 4.69) is 5.32 Å².